The van der Waals surface area contributed by atoms with Crippen LogP contribution in [0, 0.1) is 17.7 Å². The molecule has 144 valence electrons. The second kappa shape index (κ2) is 8.13. The zero-order chi connectivity index (χ0) is 19.5. The normalized spacial score (nSPS) is 19.9. The molecule has 1 saturated heterocycles. The number of rotatable bonds is 6. The van der Waals surface area contributed by atoms with Crippen LogP contribution < -0.4 is 5.32 Å². The van der Waals surface area contributed by atoms with Crippen molar-refractivity contribution < 1.29 is 27.5 Å². The van der Waals surface area contributed by atoms with Crippen LogP contribution in [0.25, 0.3) is 0 Å². The molecule has 1 heterocycles. The van der Waals surface area contributed by atoms with Gasteiger partial charge in [-0.05, 0) is 43.0 Å². The highest BCUT2D eigenvalue weighted by molar-refractivity contribution is 7.89. The summed E-state index contributed by atoms with van der Waals surface area (Å²) in [5.74, 6) is -3.04. The van der Waals surface area contributed by atoms with Crippen molar-refractivity contribution in [1.82, 2.24) is 9.62 Å². The highest BCUT2D eigenvalue weighted by atomic mass is 32.2. The largest absolute Gasteiger partial charge is 0.480 e. The van der Waals surface area contributed by atoms with Gasteiger partial charge in [-0.1, -0.05) is 13.8 Å². The maximum atomic E-state index is 13.0. The Hall–Kier alpha value is -2.00. The van der Waals surface area contributed by atoms with Crippen molar-refractivity contribution in [1.29, 1.82) is 0 Å². The Bertz CT molecular complexity index is 764. The van der Waals surface area contributed by atoms with E-state index in [1.54, 1.807) is 13.8 Å². The minimum absolute atomic E-state index is 0.0318. The molecule has 1 aliphatic rings. The van der Waals surface area contributed by atoms with Crippen LogP contribution in [0.3, 0.4) is 0 Å². The molecule has 0 saturated carbocycles. The Morgan fingerprint density at radius 2 is 1.88 bits per heavy atom. The Morgan fingerprint density at radius 1 is 1.27 bits per heavy atom. The summed E-state index contributed by atoms with van der Waals surface area (Å²) in [5, 5.41) is 11.7. The van der Waals surface area contributed by atoms with E-state index in [1.807, 2.05) is 0 Å². The summed E-state index contributed by atoms with van der Waals surface area (Å²) in [6, 6.07) is 3.50. The maximum Gasteiger partial charge on any atom is 0.326 e. The smallest absolute Gasteiger partial charge is 0.326 e. The zero-order valence-corrected chi connectivity index (χ0v) is 15.5. The lowest BCUT2D eigenvalue weighted by Crippen LogP contribution is -2.50. The number of carbonyl (C=O) groups excluding carboxylic acids is 1. The van der Waals surface area contributed by atoms with Crippen molar-refractivity contribution in [2.24, 2.45) is 11.8 Å². The number of nitrogens with zero attached hydrogens (tertiary/aromatic N) is 1. The second-order valence-electron chi connectivity index (χ2n) is 6.72. The Kier molecular flexibility index (Phi) is 6.35. The SMILES string of the molecule is CC(C)[C@H](NC(=O)[C@H]1CCCN(S(=O)(=O)c2ccc(F)cc2)C1)C(=O)O. The molecule has 0 radical (unpaired) electrons. The van der Waals surface area contributed by atoms with E-state index in [1.165, 1.54) is 16.4 Å². The van der Waals surface area contributed by atoms with Crippen LogP contribution in [0.5, 0.6) is 0 Å². The van der Waals surface area contributed by atoms with Gasteiger partial charge in [0.15, 0.2) is 0 Å². The molecule has 2 rings (SSSR count). The lowest BCUT2D eigenvalue weighted by atomic mass is 9.97. The molecule has 2 N–H and O–H groups in total. The highest BCUT2D eigenvalue weighted by Crippen LogP contribution is 2.24. The van der Waals surface area contributed by atoms with Gasteiger partial charge < -0.3 is 10.4 Å². The fourth-order valence-corrected chi connectivity index (χ4v) is 4.44. The van der Waals surface area contributed by atoms with Crippen molar-refractivity contribution in [2.45, 2.75) is 37.6 Å². The molecular formula is C17H23FN2O5S. The molecule has 7 nitrogen and oxygen atoms in total. The van der Waals surface area contributed by atoms with Crippen LogP contribution in [0.4, 0.5) is 4.39 Å². The van der Waals surface area contributed by atoms with Gasteiger partial charge in [-0.3, -0.25) is 4.79 Å². The van der Waals surface area contributed by atoms with Gasteiger partial charge in [-0.25, -0.2) is 17.6 Å². The molecule has 1 aliphatic heterocycles. The number of halogens is 1. The summed E-state index contributed by atoms with van der Waals surface area (Å²) >= 11 is 0. The summed E-state index contributed by atoms with van der Waals surface area (Å²) < 4.78 is 39.6. The molecule has 1 aromatic carbocycles. The number of piperidine rings is 1. The van der Waals surface area contributed by atoms with Crippen molar-refractivity contribution in [2.75, 3.05) is 13.1 Å². The van der Waals surface area contributed by atoms with E-state index in [9.17, 15) is 27.5 Å². The van der Waals surface area contributed by atoms with E-state index < -0.39 is 39.7 Å². The third-order valence-electron chi connectivity index (χ3n) is 4.44. The molecule has 1 aromatic rings. The number of carboxylic acid groups (broad SMARTS) is 1. The minimum atomic E-state index is -3.84. The molecule has 0 unspecified atom stereocenters. The quantitative estimate of drug-likeness (QED) is 0.770. The van der Waals surface area contributed by atoms with E-state index in [-0.39, 0.29) is 23.9 Å². The monoisotopic (exact) mass is 386 g/mol. The van der Waals surface area contributed by atoms with Gasteiger partial charge in [0.1, 0.15) is 11.9 Å². The molecule has 1 fully saturated rings. The van der Waals surface area contributed by atoms with Gasteiger partial charge >= 0.3 is 5.97 Å². The van der Waals surface area contributed by atoms with Gasteiger partial charge in [0.05, 0.1) is 10.8 Å². The van der Waals surface area contributed by atoms with Crippen molar-refractivity contribution >= 4 is 21.9 Å². The second-order valence-corrected chi connectivity index (χ2v) is 8.66. The topological polar surface area (TPSA) is 104 Å². The Labute approximate surface area is 152 Å². The average Bonchev–Trinajstić information content (AvgIpc) is 2.59. The molecule has 0 bridgehead atoms. The van der Waals surface area contributed by atoms with E-state index in [4.69, 9.17) is 0 Å². The molecule has 0 aromatic heterocycles. The Balaban J connectivity index is 2.12. The van der Waals surface area contributed by atoms with E-state index in [0.717, 1.165) is 12.1 Å². The first-order valence-electron chi connectivity index (χ1n) is 8.42. The van der Waals surface area contributed by atoms with Crippen LogP contribution in [-0.2, 0) is 19.6 Å². The maximum absolute atomic E-state index is 13.0. The molecular weight excluding hydrogens is 363 g/mol. The minimum Gasteiger partial charge on any atom is -0.480 e. The standard InChI is InChI=1S/C17H23FN2O5S/c1-11(2)15(17(22)23)19-16(21)12-4-3-9-20(10-12)26(24,25)14-7-5-13(18)6-8-14/h5-8,11-12,15H,3-4,9-10H2,1-2H3,(H,19,21)(H,22,23)/t12-,15-/m0/s1. The van der Waals surface area contributed by atoms with Crippen molar-refractivity contribution in [3.05, 3.63) is 30.1 Å². The first kappa shape index (κ1) is 20.3. The Morgan fingerprint density at radius 3 is 2.42 bits per heavy atom. The number of amides is 1. The van der Waals surface area contributed by atoms with E-state index >= 15 is 0 Å². The number of aliphatic carboxylic acids is 1. The third-order valence-corrected chi connectivity index (χ3v) is 6.32. The number of benzene rings is 1. The van der Waals surface area contributed by atoms with Gasteiger partial charge in [0.2, 0.25) is 15.9 Å². The van der Waals surface area contributed by atoms with Gasteiger partial charge in [-0.15, -0.1) is 0 Å². The summed E-state index contributed by atoms with van der Waals surface area (Å²) in [7, 11) is -3.84. The van der Waals surface area contributed by atoms with Gasteiger partial charge in [0, 0.05) is 13.1 Å². The summed E-state index contributed by atoms with van der Waals surface area (Å²) in [5.41, 5.74) is 0. The number of carbonyl (C=O) groups is 2. The van der Waals surface area contributed by atoms with Gasteiger partial charge in [0.25, 0.3) is 0 Å². The fourth-order valence-electron chi connectivity index (χ4n) is 2.92. The van der Waals surface area contributed by atoms with Crippen LogP contribution in [0.15, 0.2) is 29.2 Å². The van der Waals surface area contributed by atoms with Crippen LogP contribution >= 0.6 is 0 Å². The lowest BCUT2D eigenvalue weighted by Gasteiger charge is -2.32. The van der Waals surface area contributed by atoms with E-state index in [2.05, 4.69) is 5.32 Å². The molecule has 26 heavy (non-hydrogen) atoms. The van der Waals surface area contributed by atoms with Crippen LogP contribution in [-0.4, -0.2) is 48.8 Å². The first-order chi connectivity index (χ1) is 12.1. The first-order valence-corrected chi connectivity index (χ1v) is 9.86. The number of hydrogen-bond acceptors (Lipinski definition) is 4. The predicted octanol–water partition coefficient (Wildman–Crippen LogP) is 1.45. The molecule has 9 heteroatoms. The molecule has 1 amide bonds. The number of sulfonamides is 1. The van der Waals surface area contributed by atoms with Crippen LogP contribution in [0.1, 0.15) is 26.7 Å². The number of hydrogen-bond donors (Lipinski definition) is 2. The zero-order valence-electron chi connectivity index (χ0n) is 14.7. The van der Waals surface area contributed by atoms with Crippen LogP contribution in [0.2, 0.25) is 0 Å². The summed E-state index contributed by atoms with van der Waals surface area (Å²) in [6.45, 7) is 3.60. The highest BCUT2D eigenvalue weighted by Gasteiger charge is 2.35. The lowest BCUT2D eigenvalue weighted by molar-refractivity contribution is -0.144. The molecule has 0 aliphatic carbocycles. The van der Waals surface area contributed by atoms with Gasteiger partial charge in [-0.2, -0.15) is 4.31 Å². The molecule has 0 spiro atoms. The predicted molar refractivity (Wildman–Crippen MR) is 92.3 cm³/mol. The number of nitrogens with one attached hydrogen (secondary N) is 1. The fraction of sp³-hybridized carbons (Fsp3) is 0.529. The van der Waals surface area contributed by atoms with E-state index in [0.29, 0.717) is 12.8 Å². The number of carboxylic acids is 1. The third kappa shape index (κ3) is 4.59. The molecule has 2 atom stereocenters. The van der Waals surface area contributed by atoms with Crippen molar-refractivity contribution in [3.8, 4) is 0 Å². The van der Waals surface area contributed by atoms with Crippen molar-refractivity contribution in [3.63, 3.8) is 0 Å². The summed E-state index contributed by atoms with van der Waals surface area (Å²) in [4.78, 5) is 23.6. The average molecular weight is 386 g/mol. The summed E-state index contributed by atoms with van der Waals surface area (Å²) in [6.07, 6.45) is 0.962.